The van der Waals surface area contributed by atoms with Gasteiger partial charge < -0.3 is 24.5 Å². The Morgan fingerprint density at radius 3 is 2.63 bits per heavy atom. The molecule has 0 aliphatic carbocycles. The lowest BCUT2D eigenvalue weighted by molar-refractivity contribution is -0.0524. The lowest BCUT2D eigenvalue weighted by Gasteiger charge is -2.37. The minimum absolute atomic E-state index is 0.0290. The van der Waals surface area contributed by atoms with Gasteiger partial charge in [-0.05, 0) is 36.0 Å². The molecule has 2 saturated heterocycles. The Morgan fingerprint density at radius 1 is 1.43 bits per heavy atom. The minimum atomic E-state index is -2.17. The van der Waals surface area contributed by atoms with Gasteiger partial charge in [0, 0.05) is 17.7 Å². The molecule has 170 valence electrons. The third kappa shape index (κ3) is 5.35. The number of nitrogens with two attached hydrogens (primary N) is 1. The normalized spacial score (nSPS) is 29.4. The van der Waals surface area contributed by atoms with Gasteiger partial charge in [-0.2, -0.15) is 4.98 Å². The van der Waals surface area contributed by atoms with Crippen LogP contribution in [0.25, 0.3) is 0 Å². The van der Waals surface area contributed by atoms with Gasteiger partial charge in [0.2, 0.25) is 0 Å². The van der Waals surface area contributed by atoms with Crippen LogP contribution in [0.1, 0.15) is 27.0 Å². The van der Waals surface area contributed by atoms with E-state index < -0.39 is 43.2 Å². The fourth-order valence-corrected chi connectivity index (χ4v) is 13.2. The zero-order chi connectivity index (χ0) is 22.3. The number of aliphatic hydroxyl groups excluding tert-OH is 1. The van der Waals surface area contributed by atoms with Crippen molar-refractivity contribution in [3.05, 3.63) is 22.7 Å². The summed E-state index contributed by atoms with van der Waals surface area (Å²) in [4.78, 5) is 16.1. The summed E-state index contributed by atoms with van der Waals surface area (Å²) in [5.41, 5.74) is 5.01. The van der Waals surface area contributed by atoms with E-state index in [-0.39, 0.29) is 17.5 Å². The summed E-state index contributed by atoms with van der Waals surface area (Å²) in [7, 11) is -2.05. The van der Waals surface area contributed by atoms with Crippen molar-refractivity contribution in [3.63, 3.8) is 0 Å². The highest BCUT2D eigenvalue weighted by Gasteiger charge is 2.50. The number of aromatic nitrogens is 2. The first-order valence-electron chi connectivity index (χ1n) is 9.73. The van der Waals surface area contributed by atoms with Crippen molar-refractivity contribution in [1.82, 2.24) is 9.55 Å². The Hall–Kier alpha value is 0.0869. The molecule has 0 spiro atoms. The second kappa shape index (κ2) is 9.15. The molecule has 30 heavy (non-hydrogen) atoms. The van der Waals surface area contributed by atoms with Crippen molar-refractivity contribution in [2.24, 2.45) is 0 Å². The number of aliphatic hydroxyl groups is 1. The second-order valence-electron chi connectivity index (χ2n) is 8.85. The topological polar surface area (TPSA) is 109 Å². The SMILES string of the molecule is CC(C)(C)[Si](C)(C)OC[C@H]1O[C@@H](n2ccc(N)nc2=O)[C@H](O)[C@@H]1OP1(=S)SCCS1. The van der Waals surface area contributed by atoms with Gasteiger partial charge in [-0.15, -0.1) is 0 Å². The number of nitrogen functional groups attached to an aromatic ring is 1. The standard InChI is InChI=1S/C17H30N3O5PS3Si/c1-17(2,3)30(4,5)23-10-11-14(25-26(27)28-8-9-29-26)13(21)15(24-11)20-7-6-12(18)19-16(20)22/h6-7,11,13-15,21H,8-10H2,1-5H3,(H2,18,19,22)/t11-,13-,14-,15-/m1/s1. The van der Waals surface area contributed by atoms with Crippen molar-refractivity contribution >= 4 is 53.4 Å². The number of ether oxygens (including phenoxy) is 1. The average molecular weight is 512 g/mol. The van der Waals surface area contributed by atoms with E-state index in [0.29, 0.717) is 0 Å². The van der Waals surface area contributed by atoms with Gasteiger partial charge in [0.15, 0.2) is 19.2 Å². The summed E-state index contributed by atoms with van der Waals surface area (Å²) in [6.45, 7) is 11.1. The zero-order valence-electron chi connectivity index (χ0n) is 17.8. The first-order valence-corrected chi connectivity index (χ1v) is 18.5. The van der Waals surface area contributed by atoms with E-state index in [0.717, 1.165) is 11.5 Å². The highest BCUT2D eigenvalue weighted by atomic mass is 33.2. The van der Waals surface area contributed by atoms with Gasteiger partial charge in [-0.1, -0.05) is 43.5 Å². The van der Waals surface area contributed by atoms with Crippen LogP contribution in [0.4, 0.5) is 5.82 Å². The Bertz CT molecular complexity index is 871. The van der Waals surface area contributed by atoms with Crippen LogP contribution in [0.15, 0.2) is 17.1 Å². The van der Waals surface area contributed by atoms with E-state index in [1.165, 1.54) is 16.8 Å². The highest BCUT2D eigenvalue weighted by molar-refractivity contribution is 9.00. The third-order valence-electron chi connectivity index (χ3n) is 5.68. The molecule has 0 saturated carbocycles. The zero-order valence-corrected chi connectivity index (χ0v) is 22.2. The first kappa shape index (κ1) is 24.7. The molecule has 4 atom stereocenters. The van der Waals surface area contributed by atoms with Crippen LogP contribution >= 0.6 is 27.4 Å². The van der Waals surface area contributed by atoms with Crippen molar-refractivity contribution < 1.29 is 18.8 Å². The molecule has 0 unspecified atom stereocenters. The summed E-state index contributed by atoms with van der Waals surface area (Å²) in [5, 5.41) is 11.1. The summed E-state index contributed by atoms with van der Waals surface area (Å²) in [6, 6.07) is 1.50. The van der Waals surface area contributed by atoms with Gasteiger partial charge in [0.25, 0.3) is 0 Å². The van der Waals surface area contributed by atoms with Crippen LogP contribution in [0.5, 0.6) is 0 Å². The fourth-order valence-electron chi connectivity index (χ4n) is 2.89. The molecule has 0 aromatic carbocycles. The summed E-state index contributed by atoms with van der Waals surface area (Å²) >= 11 is 9.02. The molecule has 0 amide bonds. The van der Waals surface area contributed by atoms with E-state index in [1.807, 2.05) is 0 Å². The number of hydrogen-bond acceptors (Lipinski definition) is 10. The molecular formula is C17H30N3O5PS3Si. The molecule has 0 bridgehead atoms. The van der Waals surface area contributed by atoms with E-state index >= 15 is 0 Å². The number of rotatable bonds is 6. The van der Waals surface area contributed by atoms with Crippen LogP contribution in [0.2, 0.25) is 18.1 Å². The van der Waals surface area contributed by atoms with Crippen LogP contribution in [-0.2, 0) is 25.5 Å². The average Bonchev–Trinajstić information content (AvgIpc) is 3.18. The maximum absolute atomic E-state index is 12.3. The highest BCUT2D eigenvalue weighted by Crippen LogP contribution is 2.75. The van der Waals surface area contributed by atoms with Crippen LogP contribution in [0.3, 0.4) is 0 Å². The monoisotopic (exact) mass is 511 g/mol. The molecule has 3 heterocycles. The molecule has 8 nitrogen and oxygen atoms in total. The third-order valence-corrected chi connectivity index (χ3v) is 19.9. The van der Waals surface area contributed by atoms with Crippen LogP contribution in [-0.4, -0.2) is 59.4 Å². The molecule has 1 aromatic rings. The Kier molecular flexibility index (Phi) is 7.54. The van der Waals surface area contributed by atoms with Crippen LogP contribution in [0, 0.1) is 0 Å². The molecule has 2 fully saturated rings. The smallest absolute Gasteiger partial charge is 0.351 e. The Labute approximate surface area is 191 Å². The maximum atomic E-state index is 12.3. The number of hydrogen-bond donors (Lipinski definition) is 2. The van der Waals surface area contributed by atoms with Crippen molar-refractivity contribution in [3.8, 4) is 0 Å². The predicted octanol–water partition coefficient (Wildman–Crippen LogP) is 3.20. The molecule has 0 radical (unpaired) electrons. The predicted molar refractivity (Wildman–Crippen MR) is 130 cm³/mol. The molecule has 2 aliphatic heterocycles. The summed E-state index contributed by atoms with van der Waals surface area (Å²) in [5.74, 6) is 1.98. The lowest BCUT2D eigenvalue weighted by atomic mass is 10.1. The van der Waals surface area contributed by atoms with Gasteiger partial charge in [-0.25, -0.2) is 4.79 Å². The lowest BCUT2D eigenvalue weighted by Crippen LogP contribution is -2.44. The van der Waals surface area contributed by atoms with Crippen molar-refractivity contribution in [2.45, 2.75) is 63.4 Å². The van der Waals surface area contributed by atoms with Crippen molar-refractivity contribution in [2.75, 3.05) is 23.8 Å². The molecule has 3 N–H and O–H groups in total. The summed E-state index contributed by atoms with van der Waals surface area (Å²) < 4.78 is 17.8. The van der Waals surface area contributed by atoms with Crippen LogP contribution < -0.4 is 11.4 Å². The first-order chi connectivity index (χ1) is 13.8. The van der Waals surface area contributed by atoms with Gasteiger partial charge in [-0.3, -0.25) is 4.57 Å². The molecule has 2 aliphatic rings. The fraction of sp³-hybridized carbons (Fsp3) is 0.765. The van der Waals surface area contributed by atoms with E-state index in [2.05, 4.69) is 38.8 Å². The van der Waals surface area contributed by atoms with E-state index in [4.69, 9.17) is 31.2 Å². The van der Waals surface area contributed by atoms with Gasteiger partial charge in [0.05, 0.1) is 6.61 Å². The maximum Gasteiger partial charge on any atom is 0.351 e. The van der Waals surface area contributed by atoms with Gasteiger partial charge in [0.1, 0.15) is 24.1 Å². The molecule has 1 aromatic heterocycles. The summed E-state index contributed by atoms with van der Waals surface area (Å²) in [6.07, 6.45) is -1.78. The largest absolute Gasteiger partial charge is 0.414 e. The van der Waals surface area contributed by atoms with E-state index in [1.54, 1.807) is 22.8 Å². The molecule has 13 heteroatoms. The minimum Gasteiger partial charge on any atom is -0.414 e. The van der Waals surface area contributed by atoms with Gasteiger partial charge >= 0.3 is 5.69 Å². The Balaban J connectivity index is 1.85. The number of anilines is 1. The molecule has 3 rings (SSSR count). The molecular weight excluding hydrogens is 481 g/mol. The quantitative estimate of drug-likeness (QED) is 0.436. The van der Waals surface area contributed by atoms with E-state index in [9.17, 15) is 9.90 Å². The second-order valence-corrected chi connectivity index (χ2v) is 24.4. The number of nitrogens with zero attached hydrogens (tertiary/aromatic N) is 2. The van der Waals surface area contributed by atoms with Crippen molar-refractivity contribution in [1.29, 1.82) is 0 Å². The Morgan fingerprint density at radius 2 is 2.07 bits per heavy atom.